The average Bonchev–Trinajstić information content (AvgIpc) is 2.85. The maximum atomic E-state index is 10.2. The number of nitrogens with two attached hydrogens (primary N) is 1. The van der Waals surface area contributed by atoms with Gasteiger partial charge in [-0.25, -0.2) is 4.98 Å². The van der Waals surface area contributed by atoms with Crippen molar-refractivity contribution in [2.24, 2.45) is 5.41 Å². The first kappa shape index (κ1) is 17.0. The van der Waals surface area contributed by atoms with Crippen LogP contribution in [0.3, 0.4) is 0 Å². The van der Waals surface area contributed by atoms with E-state index in [1.165, 1.54) is 4.88 Å². The summed E-state index contributed by atoms with van der Waals surface area (Å²) in [6, 6.07) is 0. The number of halogens is 1. The Hall–Kier alpha value is -0.400. The number of hydrogen-bond donors (Lipinski definition) is 2. The summed E-state index contributed by atoms with van der Waals surface area (Å²) in [4.78, 5) is 7.74. The molecule has 7 heteroatoms. The minimum atomic E-state index is -0.180. The first-order valence-corrected chi connectivity index (χ1v) is 8.18. The molecule has 1 saturated carbocycles. The topological polar surface area (TPSA) is 71.6 Å². The van der Waals surface area contributed by atoms with E-state index in [-0.39, 0.29) is 30.0 Å². The van der Waals surface area contributed by atoms with Crippen molar-refractivity contribution in [3.05, 3.63) is 11.1 Å². The zero-order chi connectivity index (χ0) is 14.2. The van der Waals surface area contributed by atoms with E-state index >= 15 is 0 Å². The number of rotatable bonds is 4. The molecule has 2 heterocycles. The molecule has 1 spiro atoms. The van der Waals surface area contributed by atoms with Gasteiger partial charge in [-0.3, -0.25) is 4.90 Å². The first-order valence-electron chi connectivity index (χ1n) is 7.36. The van der Waals surface area contributed by atoms with Crippen molar-refractivity contribution in [1.82, 2.24) is 9.88 Å². The van der Waals surface area contributed by atoms with Crippen LogP contribution < -0.4 is 5.73 Å². The first-order chi connectivity index (χ1) is 9.64. The lowest BCUT2D eigenvalue weighted by Crippen LogP contribution is -2.62. The molecule has 2 fully saturated rings. The van der Waals surface area contributed by atoms with Crippen molar-refractivity contribution in [3.63, 3.8) is 0 Å². The van der Waals surface area contributed by atoms with Crippen LogP contribution in [0.15, 0.2) is 6.20 Å². The van der Waals surface area contributed by atoms with E-state index in [9.17, 15) is 5.11 Å². The highest BCUT2D eigenvalue weighted by Crippen LogP contribution is 2.51. The Bertz CT molecular complexity index is 461. The van der Waals surface area contributed by atoms with Crippen LogP contribution in [0, 0.1) is 5.41 Å². The largest absolute Gasteiger partial charge is 0.392 e. The van der Waals surface area contributed by atoms with Crippen LogP contribution in [0.5, 0.6) is 0 Å². The van der Waals surface area contributed by atoms with E-state index in [1.807, 2.05) is 13.1 Å². The quantitative estimate of drug-likeness (QED) is 0.880. The van der Waals surface area contributed by atoms with Crippen LogP contribution in [0.4, 0.5) is 5.13 Å². The maximum absolute atomic E-state index is 10.2. The lowest BCUT2D eigenvalue weighted by Gasteiger charge is -2.56. The molecule has 1 aromatic rings. The highest BCUT2D eigenvalue weighted by Gasteiger charge is 2.55. The molecular weight excluding hydrogens is 310 g/mol. The van der Waals surface area contributed by atoms with E-state index in [0.717, 1.165) is 45.5 Å². The van der Waals surface area contributed by atoms with Crippen molar-refractivity contribution in [1.29, 1.82) is 0 Å². The highest BCUT2D eigenvalue weighted by atomic mass is 35.5. The number of nitrogen functional groups attached to an aromatic ring is 1. The molecule has 0 amide bonds. The molecule has 0 aromatic carbocycles. The number of aliphatic hydroxyl groups is 1. The molecule has 5 nitrogen and oxygen atoms in total. The van der Waals surface area contributed by atoms with Gasteiger partial charge in [-0.15, -0.1) is 23.7 Å². The fraction of sp³-hybridized carbons (Fsp3) is 0.786. The van der Waals surface area contributed by atoms with Gasteiger partial charge in [0, 0.05) is 36.1 Å². The number of likely N-dealkylation sites (tertiary alicyclic amines) is 1. The number of thiazole rings is 1. The van der Waals surface area contributed by atoms with Crippen molar-refractivity contribution in [2.45, 2.75) is 44.9 Å². The van der Waals surface area contributed by atoms with Crippen molar-refractivity contribution in [3.8, 4) is 0 Å². The Labute approximate surface area is 135 Å². The van der Waals surface area contributed by atoms with Crippen LogP contribution in [-0.2, 0) is 11.3 Å². The number of hydrogen-bond acceptors (Lipinski definition) is 6. The summed E-state index contributed by atoms with van der Waals surface area (Å²) >= 11 is 1.56. The van der Waals surface area contributed by atoms with Gasteiger partial charge in [0.05, 0.1) is 12.2 Å². The molecule has 3 rings (SSSR count). The Morgan fingerprint density at radius 3 is 2.76 bits per heavy atom. The van der Waals surface area contributed by atoms with Gasteiger partial charge in [0.15, 0.2) is 5.13 Å². The Kier molecular flexibility index (Phi) is 5.48. The summed E-state index contributed by atoms with van der Waals surface area (Å²) in [5, 5.41) is 10.8. The van der Waals surface area contributed by atoms with E-state index in [1.54, 1.807) is 11.3 Å². The van der Waals surface area contributed by atoms with E-state index < -0.39 is 0 Å². The molecule has 2 unspecified atom stereocenters. The fourth-order valence-electron chi connectivity index (χ4n) is 3.56. The molecule has 2 atom stereocenters. The lowest BCUT2D eigenvalue weighted by atomic mass is 9.58. The smallest absolute Gasteiger partial charge is 0.180 e. The normalized spacial score (nSPS) is 28.1. The third-order valence-electron chi connectivity index (χ3n) is 4.85. The molecule has 2 aliphatic rings. The standard InChI is InChI=1S/C14H23N3O2S.ClH/c1-2-19-12-7-11(18)14(12)3-5-17(6-4-14)9-10-8-16-13(15)20-10;/h8,11-12,18H,2-7,9H2,1H3,(H2,15,16);1H. The maximum Gasteiger partial charge on any atom is 0.180 e. The van der Waals surface area contributed by atoms with Gasteiger partial charge in [0.25, 0.3) is 0 Å². The molecular formula is C14H24ClN3O2S. The predicted molar refractivity (Wildman–Crippen MR) is 86.8 cm³/mol. The number of anilines is 1. The second-order valence-corrected chi connectivity index (χ2v) is 7.02. The Morgan fingerprint density at radius 2 is 2.24 bits per heavy atom. The molecule has 120 valence electrons. The second kappa shape index (κ2) is 6.79. The van der Waals surface area contributed by atoms with E-state index in [4.69, 9.17) is 10.5 Å². The number of aromatic nitrogens is 1. The predicted octanol–water partition coefficient (Wildman–Crippen LogP) is 1.90. The third-order valence-corrected chi connectivity index (χ3v) is 5.66. The zero-order valence-corrected chi connectivity index (χ0v) is 14.0. The molecule has 0 radical (unpaired) electrons. The number of aliphatic hydroxyl groups excluding tert-OH is 1. The van der Waals surface area contributed by atoms with Crippen LogP contribution in [0.1, 0.15) is 31.1 Å². The monoisotopic (exact) mass is 333 g/mol. The molecule has 1 aromatic heterocycles. The van der Waals surface area contributed by atoms with Gasteiger partial charge in [-0.1, -0.05) is 0 Å². The molecule has 1 aliphatic heterocycles. The van der Waals surface area contributed by atoms with Crippen LogP contribution in [-0.4, -0.2) is 46.9 Å². The van der Waals surface area contributed by atoms with E-state index in [0.29, 0.717) is 5.13 Å². The zero-order valence-electron chi connectivity index (χ0n) is 12.3. The van der Waals surface area contributed by atoms with Gasteiger partial charge >= 0.3 is 0 Å². The van der Waals surface area contributed by atoms with Gasteiger partial charge < -0.3 is 15.6 Å². The summed E-state index contributed by atoms with van der Waals surface area (Å²) < 4.78 is 5.80. The second-order valence-electron chi connectivity index (χ2n) is 5.87. The Morgan fingerprint density at radius 1 is 1.52 bits per heavy atom. The Balaban J connectivity index is 0.00000161. The molecule has 0 bridgehead atoms. The molecule has 3 N–H and O–H groups in total. The summed E-state index contributed by atoms with van der Waals surface area (Å²) in [5.41, 5.74) is 5.68. The number of piperidine rings is 1. The molecule has 1 aliphatic carbocycles. The van der Waals surface area contributed by atoms with Crippen molar-refractivity contribution in [2.75, 3.05) is 25.4 Å². The lowest BCUT2D eigenvalue weighted by molar-refractivity contribution is -0.209. The van der Waals surface area contributed by atoms with Crippen LogP contribution >= 0.6 is 23.7 Å². The van der Waals surface area contributed by atoms with Gasteiger partial charge in [0.1, 0.15) is 0 Å². The van der Waals surface area contributed by atoms with Crippen molar-refractivity contribution < 1.29 is 9.84 Å². The molecule has 21 heavy (non-hydrogen) atoms. The van der Waals surface area contributed by atoms with Gasteiger partial charge in [-0.2, -0.15) is 0 Å². The average molecular weight is 334 g/mol. The summed E-state index contributed by atoms with van der Waals surface area (Å²) in [5.74, 6) is 0. The third kappa shape index (κ3) is 3.19. The summed E-state index contributed by atoms with van der Waals surface area (Å²) in [6.07, 6.45) is 4.79. The SMILES string of the molecule is CCOC1CC(O)C12CCN(Cc1cnc(N)s1)CC2.Cl. The van der Waals surface area contributed by atoms with Gasteiger partial charge in [0.2, 0.25) is 0 Å². The minimum absolute atomic E-state index is 0. The number of nitrogens with zero attached hydrogens (tertiary/aromatic N) is 2. The van der Waals surface area contributed by atoms with Crippen molar-refractivity contribution >= 4 is 28.9 Å². The summed E-state index contributed by atoms with van der Waals surface area (Å²) in [6.45, 7) is 5.71. The fourth-order valence-corrected chi connectivity index (χ4v) is 4.29. The number of ether oxygens (including phenoxy) is 1. The van der Waals surface area contributed by atoms with Crippen LogP contribution in [0.2, 0.25) is 0 Å². The highest BCUT2D eigenvalue weighted by molar-refractivity contribution is 7.15. The van der Waals surface area contributed by atoms with Gasteiger partial charge in [-0.05, 0) is 32.9 Å². The molecule has 1 saturated heterocycles. The van der Waals surface area contributed by atoms with E-state index in [2.05, 4.69) is 9.88 Å². The summed E-state index contributed by atoms with van der Waals surface area (Å²) in [7, 11) is 0. The van der Waals surface area contributed by atoms with Crippen LogP contribution in [0.25, 0.3) is 0 Å². The minimum Gasteiger partial charge on any atom is -0.392 e.